The van der Waals surface area contributed by atoms with Crippen LogP contribution in [0.15, 0.2) is 47.4 Å². The van der Waals surface area contributed by atoms with Crippen molar-refractivity contribution in [2.45, 2.75) is 18.7 Å². The molecule has 25 heavy (non-hydrogen) atoms. The third kappa shape index (κ3) is 4.33. The number of nitrogens with one attached hydrogen (secondary N) is 1. The van der Waals surface area contributed by atoms with Gasteiger partial charge in [-0.25, -0.2) is 17.2 Å². The Kier molecular flexibility index (Phi) is 5.73. The number of carbonyl (C=O) groups excluding carboxylic acids is 1. The SMILES string of the molecule is CCN(CC)C(=O)c1ccc(NS(=O)(=O)c2ccc(F)cc2F)cc1. The quantitative estimate of drug-likeness (QED) is 0.851. The van der Waals surface area contributed by atoms with Gasteiger partial charge in [0, 0.05) is 30.4 Å². The van der Waals surface area contributed by atoms with Gasteiger partial charge in [-0.2, -0.15) is 0 Å². The van der Waals surface area contributed by atoms with Gasteiger partial charge >= 0.3 is 0 Å². The number of halogens is 2. The lowest BCUT2D eigenvalue weighted by atomic mass is 10.2. The lowest BCUT2D eigenvalue weighted by molar-refractivity contribution is 0.0773. The Morgan fingerprint density at radius 1 is 1.04 bits per heavy atom. The average Bonchev–Trinajstić information content (AvgIpc) is 2.55. The molecule has 134 valence electrons. The van der Waals surface area contributed by atoms with Crippen LogP contribution in [0.1, 0.15) is 24.2 Å². The minimum absolute atomic E-state index is 0.163. The molecule has 0 heterocycles. The lowest BCUT2D eigenvalue weighted by Crippen LogP contribution is -2.30. The summed E-state index contributed by atoms with van der Waals surface area (Å²) in [6.07, 6.45) is 0. The van der Waals surface area contributed by atoms with Crippen molar-refractivity contribution in [2.75, 3.05) is 17.8 Å². The number of amides is 1. The molecule has 5 nitrogen and oxygen atoms in total. The first-order valence-electron chi connectivity index (χ1n) is 7.65. The Morgan fingerprint density at radius 2 is 1.64 bits per heavy atom. The predicted molar refractivity (Wildman–Crippen MR) is 90.9 cm³/mol. The van der Waals surface area contributed by atoms with Gasteiger partial charge in [0.15, 0.2) is 0 Å². The molecule has 0 bridgehead atoms. The molecular weight excluding hydrogens is 350 g/mol. The summed E-state index contributed by atoms with van der Waals surface area (Å²) in [4.78, 5) is 13.2. The van der Waals surface area contributed by atoms with E-state index < -0.39 is 26.6 Å². The molecule has 0 fully saturated rings. The summed E-state index contributed by atoms with van der Waals surface area (Å²) >= 11 is 0. The maximum Gasteiger partial charge on any atom is 0.264 e. The monoisotopic (exact) mass is 368 g/mol. The highest BCUT2D eigenvalue weighted by atomic mass is 32.2. The van der Waals surface area contributed by atoms with Crippen LogP contribution in [0.25, 0.3) is 0 Å². The Morgan fingerprint density at radius 3 is 2.16 bits per heavy atom. The molecule has 0 spiro atoms. The zero-order valence-electron chi connectivity index (χ0n) is 13.8. The van der Waals surface area contributed by atoms with E-state index in [4.69, 9.17) is 0 Å². The Labute approximate surface area is 145 Å². The third-order valence-corrected chi connectivity index (χ3v) is 5.03. The number of anilines is 1. The molecule has 1 amide bonds. The number of benzene rings is 2. The van der Waals surface area contributed by atoms with Crippen molar-refractivity contribution in [3.63, 3.8) is 0 Å². The smallest absolute Gasteiger partial charge is 0.264 e. The highest BCUT2D eigenvalue weighted by Crippen LogP contribution is 2.20. The van der Waals surface area contributed by atoms with Gasteiger partial charge in [0.1, 0.15) is 16.5 Å². The number of rotatable bonds is 6. The fourth-order valence-electron chi connectivity index (χ4n) is 2.28. The number of nitrogens with zero attached hydrogens (tertiary/aromatic N) is 1. The van der Waals surface area contributed by atoms with Crippen molar-refractivity contribution >= 4 is 21.6 Å². The van der Waals surface area contributed by atoms with E-state index in [0.717, 1.165) is 12.1 Å². The van der Waals surface area contributed by atoms with Crippen molar-refractivity contribution in [3.8, 4) is 0 Å². The van der Waals surface area contributed by atoms with Crippen LogP contribution >= 0.6 is 0 Å². The van der Waals surface area contributed by atoms with Crippen LogP contribution in [-0.2, 0) is 10.0 Å². The molecule has 2 aromatic rings. The third-order valence-electron chi connectivity index (χ3n) is 3.62. The number of hydrogen-bond acceptors (Lipinski definition) is 3. The minimum Gasteiger partial charge on any atom is -0.339 e. The minimum atomic E-state index is -4.21. The highest BCUT2D eigenvalue weighted by Gasteiger charge is 2.20. The summed E-state index contributed by atoms with van der Waals surface area (Å²) in [6.45, 7) is 4.85. The van der Waals surface area contributed by atoms with E-state index in [1.807, 2.05) is 13.8 Å². The van der Waals surface area contributed by atoms with Gasteiger partial charge < -0.3 is 4.90 Å². The fourth-order valence-corrected chi connectivity index (χ4v) is 3.40. The maximum atomic E-state index is 13.7. The van der Waals surface area contributed by atoms with E-state index in [1.165, 1.54) is 24.3 Å². The van der Waals surface area contributed by atoms with Gasteiger partial charge in [0.25, 0.3) is 15.9 Å². The maximum absolute atomic E-state index is 13.7. The topological polar surface area (TPSA) is 66.5 Å². The van der Waals surface area contributed by atoms with Crippen LogP contribution in [0.5, 0.6) is 0 Å². The molecule has 0 saturated carbocycles. The molecule has 8 heteroatoms. The van der Waals surface area contributed by atoms with Gasteiger partial charge in [0.2, 0.25) is 0 Å². The van der Waals surface area contributed by atoms with Gasteiger partial charge in [-0.05, 0) is 50.2 Å². The van der Waals surface area contributed by atoms with Crippen LogP contribution in [-0.4, -0.2) is 32.3 Å². The molecule has 2 aromatic carbocycles. The second-order valence-corrected chi connectivity index (χ2v) is 6.89. The summed E-state index contributed by atoms with van der Waals surface area (Å²) in [5.41, 5.74) is 0.583. The molecule has 0 unspecified atom stereocenters. The molecule has 2 rings (SSSR count). The zero-order valence-corrected chi connectivity index (χ0v) is 14.6. The molecule has 0 aromatic heterocycles. The van der Waals surface area contributed by atoms with Crippen molar-refractivity contribution in [1.82, 2.24) is 4.90 Å². The van der Waals surface area contributed by atoms with Crippen LogP contribution < -0.4 is 4.72 Å². The van der Waals surface area contributed by atoms with E-state index in [9.17, 15) is 22.0 Å². The molecule has 0 aliphatic heterocycles. The van der Waals surface area contributed by atoms with Crippen LogP contribution in [0.3, 0.4) is 0 Å². The lowest BCUT2D eigenvalue weighted by Gasteiger charge is -2.18. The number of carbonyl (C=O) groups is 1. The van der Waals surface area contributed by atoms with Crippen molar-refractivity contribution in [2.24, 2.45) is 0 Å². The Bertz CT molecular complexity index is 864. The van der Waals surface area contributed by atoms with Gasteiger partial charge in [-0.3, -0.25) is 9.52 Å². The van der Waals surface area contributed by atoms with Crippen LogP contribution in [0, 0.1) is 11.6 Å². The summed E-state index contributed by atoms with van der Waals surface area (Å²) in [5, 5.41) is 0. The second kappa shape index (κ2) is 7.60. The molecule has 1 N–H and O–H groups in total. The summed E-state index contributed by atoms with van der Waals surface area (Å²) < 4.78 is 53.2. The molecular formula is C17H18F2N2O3S. The summed E-state index contributed by atoms with van der Waals surface area (Å²) in [7, 11) is -4.21. The molecule has 0 saturated heterocycles. The normalized spacial score (nSPS) is 11.2. The highest BCUT2D eigenvalue weighted by molar-refractivity contribution is 7.92. The van der Waals surface area contributed by atoms with Crippen molar-refractivity contribution in [1.29, 1.82) is 0 Å². The summed E-state index contributed by atoms with van der Waals surface area (Å²) in [6, 6.07) is 8.01. The Balaban J connectivity index is 2.22. The number of sulfonamides is 1. The van der Waals surface area contributed by atoms with E-state index in [2.05, 4.69) is 4.72 Å². The van der Waals surface area contributed by atoms with Crippen molar-refractivity contribution in [3.05, 3.63) is 59.7 Å². The average molecular weight is 368 g/mol. The van der Waals surface area contributed by atoms with E-state index >= 15 is 0 Å². The van der Waals surface area contributed by atoms with Gasteiger partial charge in [-0.15, -0.1) is 0 Å². The van der Waals surface area contributed by atoms with E-state index in [1.54, 1.807) is 4.90 Å². The van der Waals surface area contributed by atoms with Crippen LogP contribution in [0.4, 0.5) is 14.5 Å². The molecule has 0 aliphatic rings. The first-order valence-corrected chi connectivity index (χ1v) is 9.14. The largest absolute Gasteiger partial charge is 0.339 e. The fraction of sp³-hybridized carbons (Fsp3) is 0.235. The zero-order chi connectivity index (χ0) is 18.6. The molecule has 0 atom stereocenters. The second-order valence-electron chi connectivity index (χ2n) is 5.24. The standard InChI is InChI=1S/C17H18F2N2O3S/c1-3-21(4-2)17(22)12-5-8-14(9-6-12)20-25(23,24)16-10-7-13(18)11-15(16)19/h5-11,20H,3-4H2,1-2H3. The van der Waals surface area contributed by atoms with Crippen molar-refractivity contribution < 1.29 is 22.0 Å². The first kappa shape index (κ1) is 18.9. The van der Waals surface area contributed by atoms with Gasteiger partial charge in [-0.1, -0.05) is 0 Å². The van der Waals surface area contributed by atoms with Crippen LogP contribution in [0.2, 0.25) is 0 Å². The number of hydrogen-bond donors (Lipinski definition) is 1. The molecule has 0 radical (unpaired) electrons. The predicted octanol–water partition coefficient (Wildman–Crippen LogP) is 3.25. The van der Waals surface area contributed by atoms with E-state index in [-0.39, 0.29) is 11.6 Å². The van der Waals surface area contributed by atoms with Gasteiger partial charge in [0.05, 0.1) is 0 Å². The first-order chi connectivity index (χ1) is 11.8. The summed E-state index contributed by atoms with van der Waals surface area (Å²) in [5.74, 6) is -2.21. The Hall–Kier alpha value is -2.48. The van der Waals surface area contributed by atoms with E-state index in [0.29, 0.717) is 24.7 Å². The molecule has 0 aliphatic carbocycles.